The van der Waals surface area contributed by atoms with Crippen molar-refractivity contribution in [1.29, 1.82) is 0 Å². The molecule has 8 nitrogen and oxygen atoms in total. The van der Waals surface area contributed by atoms with E-state index in [9.17, 15) is 13.2 Å². The number of aryl methyl sites for hydroxylation is 1. The van der Waals surface area contributed by atoms with E-state index in [0.29, 0.717) is 35.1 Å². The van der Waals surface area contributed by atoms with E-state index in [1.165, 1.54) is 33.8 Å². The molecule has 2 aromatic carbocycles. The van der Waals surface area contributed by atoms with Crippen LogP contribution in [0.5, 0.6) is 0 Å². The zero-order valence-corrected chi connectivity index (χ0v) is 18.4. The average Bonchev–Trinajstić information content (AvgIpc) is 3.23. The van der Waals surface area contributed by atoms with Gasteiger partial charge in [-0.05, 0) is 42.8 Å². The fourth-order valence-corrected chi connectivity index (χ4v) is 4.71. The lowest BCUT2D eigenvalue weighted by atomic mass is 10.1. The Kier molecular flexibility index (Phi) is 6.55. The first kappa shape index (κ1) is 21.9. The Morgan fingerprint density at radius 1 is 1.17 bits per heavy atom. The van der Waals surface area contributed by atoms with Crippen LogP contribution in [-0.2, 0) is 10.0 Å². The van der Waals surface area contributed by atoms with Gasteiger partial charge < -0.3 is 5.32 Å². The number of carbonyl (C=O) groups is 1. The number of anilines is 1. The number of benzene rings is 2. The number of aromatic nitrogens is 3. The summed E-state index contributed by atoms with van der Waals surface area (Å²) in [6.45, 7) is 5.98. The normalized spacial score (nSPS) is 11.6. The summed E-state index contributed by atoms with van der Waals surface area (Å²) in [4.78, 5) is 17.0. The van der Waals surface area contributed by atoms with Crippen LogP contribution in [0.1, 0.15) is 29.8 Å². The maximum atomic E-state index is 13.0. The molecule has 158 valence electrons. The summed E-state index contributed by atoms with van der Waals surface area (Å²) < 4.78 is 28.5. The van der Waals surface area contributed by atoms with E-state index in [1.807, 2.05) is 0 Å². The molecule has 0 aliphatic carbocycles. The third-order valence-electron chi connectivity index (χ3n) is 4.67. The van der Waals surface area contributed by atoms with Crippen molar-refractivity contribution < 1.29 is 13.2 Å². The summed E-state index contributed by atoms with van der Waals surface area (Å²) in [5.74, 6) is -0.451. The smallest absolute Gasteiger partial charge is 0.256 e. The molecular weight excluding hydrogens is 426 g/mol. The second kappa shape index (κ2) is 8.95. The van der Waals surface area contributed by atoms with Crippen molar-refractivity contribution in [2.45, 2.75) is 25.7 Å². The fraction of sp³-hybridized carbons (Fsp3) is 0.250. The maximum Gasteiger partial charge on any atom is 0.256 e. The zero-order valence-electron chi connectivity index (χ0n) is 16.8. The lowest BCUT2D eigenvalue weighted by molar-refractivity contribution is 0.102. The van der Waals surface area contributed by atoms with Crippen molar-refractivity contribution in [2.75, 3.05) is 18.4 Å². The minimum Gasteiger partial charge on any atom is -0.320 e. The van der Waals surface area contributed by atoms with E-state index in [4.69, 9.17) is 11.6 Å². The van der Waals surface area contributed by atoms with Crippen LogP contribution in [-0.4, -0.2) is 46.5 Å². The van der Waals surface area contributed by atoms with E-state index in [2.05, 4.69) is 15.4 Å². The van der Waals surface area contributed by atoms with Crippen molar-refractivity contribution in [1.82, 2.24) is 19.1 Å². The Hall–Kier alpha value is -2.75. The largest absolute Gasteiger partial charge is 0.320 e. The number of hydrogen-bond donors (Lipinski definition) is 1. The molecule has 0 atom stereocenters. The summed E-state index contributed by atoms with van der Waals surface area (Å²) in [6.07, 6.45) is 2.88. The third kappa shape index (κ3) is 4.38. The number of rotatable bonds is 7. The molecule has 10 heteroatoms. The summed E-state index contributed by atoms with van der Waals surface area (Å²) in [6, 6.07) is 9.53. The topological polar surface area (TPSA) is 97.2 Å². The van der Waals surface area contributed by atoms with Crippen LogP contribution in [0.3, 0.4) is 0 Å². The molecule has 0 radical (unpaired) electrons. The molecule has 0 saturated carbocycles. The fourth-order valence-electron chi connectivity index (χ4n) is 3.05. The summed E-state index contributed by atoms with van der Waals surface area (Å²) >= 11 is 6.11. The van der Waals surface area contributed by atoms with Crippen LogP contribution < -0.4 is 5.32 Å². The van der Waals surface area contributed by atoms with Gasteiger partial charge in [0.25, 0.3) is 5.91 Å². The first-order chi connectivity index (χ1) is 14.3. The molecule has 1 aromatic heterocycles. The highest BCUT2D eigenvalue weighted by Crippen LogP contribution is 2.26. The summed E-state index contributed by atoms with van der Waals surface area (Å²) in [5.41, 5.74) is 1.91. The van der Waals surface area contributed by atoms with E-state index in [1.54, 1.807) is 45.0 Å². The second-order valence-corrected chi connectivity index (χ2v) is 8.90. The molecule has 0 aliphatic rings. The molecule has 0 saturated heterocycles. The molecule has 0 bridgehead atoms. The highest BCUT2D eigenvalue weighted by molar-refractivity contribution is 7.89. The molecule has 0 aliphatic heterocycles. The number of nitrogens with zero attached hydrogens (tertiary/aromatic N) is 4. The van der Waals surface area contributed by atoms with Crippen LogP contribution in [0, 0.1) is 6.92 Å². The Morgan fingerprint density at radius 3 is 2.53 bits per heavy atom. The number of carbonyl (C=O) groups excluding carboxylic acids is 1. The molecular formula is C20H22ClN5O3S. The highest BCUT2D eigenvalue weighted by atomic mass is 35.5. The predicted octanol–water partition coefficient (Wildman–Crippen LogP) is 3.51. The molecule has 1 N–H and O–H groups in total. The van der Waals surface area contributed by atoms with Crippen molar-refractivity contribution >= 4 is 33.2 Å². The van der Waals surface area contributed by atoms with Gasteiger partial charge in [0.2, 0.25) is 10.0 Å². The summed E-state index contributed by atoms with van der Waals surface area (Å²) in [7, 11) is -3.69. The van der Waals surface area contributed by atoms with Gasteiger partial charge in [-0.3, -0.25) is 4.79 Å². The molecule has 0 spiro atoms. The van der Waals surface area contributed by atoms with Gasteiger partial charge >= 0.3 is 0 Å². The highest BCUT2D eigenvalue weighted by Gasteiger charge is 2.24. The molecule has 3 aromatic rings. The monoisotopic (exact) mass is 447 g/mol. The van der Waals surface area contributed by atoms with E-state index in [0.717, 1.165) is 0 Å². The Labute approximate surface area is 180 Å². The Bertz CT molecular complexity index is 1160. The first-order valence-electron chi connectivity index (χ1n) is 9.34. The first-order valence-corrected chi connectivity index (χ1v) is 11.2. The molecule has 30 heavy (non-hydrogen) atoms. The van der Waals surface area contributed by atoms with Gasteiger partial charge in [-0.2, -0.15) is 9.40 Å². The molecule has 0 unspecified atom stereocenters. The third-order valence-corrected chi connectivity index (χ3v) is 6.95. The van der Waals surface area contributed by atoms with Gasteiger partial charge in [0.1, 0.15) is 12.7 Å². The average molecular weight is 448 g/mol. The molecule has 1 amide bonds. The lowest BCUT2D eigenvalue weighted by Gasteiger charge is -2.19. The Morgan fingerprint density at radius 2 is 1.90 bits per heavy atom. The van der Waals surface area contributed by atoms with Crippen molar-refractivity contribution in [3.63, 3.8) is 0 Å². The predicted molar refractivity (Wildman–Crippen MR) is 116 cm³/mol. The standard InChI is InChI=1S/C20H22ClN5O3S/c1-4-25(5-2)30(28,29)16-8-6-14(3)17(11-16)20(27)24-18-10-15(21)7-9-19(18)26-13-22-12-23-26/h6-13H,4-5H2,1-3H3,(H,24,27). The molecule has 3 rings (SSSR count). The number of amides is 1. The Balaban J connectivity index is 1.99. The number of hydrogen-bond acceptors (Lipinski definition) is 5. The SMILES string of the molecule is CCN(CC)S(=O)(=O)c1ccc(C)c(C(=O)Nc2cc(Cl)ccc2-n2cncn2)c1. The van der Waals surface area contributed by atoms with Gasteiger partial charge in [0.05, 0.1) is 16.3 Å². The van der Waals surface area contributed by atoms with Gasteiger partial charge in [-0.1, -0.05) is 31.5 Å². The van der Waals surface area contributed by atoms with Gasteiger partial charge in [0, 0.05) is 23.7 Å². The summed E-state index contributed by atoms with van der Waals surface area (Å²) in [5, 5.41) is 7.33. The van der Waals surface area contributed by atoms with E-state index >= 15 is 0 Å². The van der Waals surface area contributed by atoms with Crippen molar-refractivity contribution in [3.8, 4) is 5.69 Å². The number of sulfonamides is 1. The van der Waals surface area contributed by atoms with Gasteiger partial charge in [-0.25, -0.2) is 18.1 Å². The van der Waals surface area contributed by atoms with E-state index in [-0.39, 0.29) is 10.5 Å². The van der Waals surface area contributed by atoms with Gasteiger partial charge in [-0.15, -0.1) is 0 Å². The van der Waals surface area contributed by atoms with Crippen LogP contribution in [0.4, 0.5) is 5.69 Å². The van der Waals surface area contributed by atoms with Crippen LogP contribution in [0.25, 0.3) is 5.69 Å². The van der Waals surface area contributed by atoms with Gasteiger partial charge in [0.15, 0.2) is 0 Å². The van der Waals surface area contributed by atoms with Crippen molar-refractivity contribution in [3.05, 3.63) is 65.2 Å². The number of halogens is 1. The van der Waals surface area contributed by atoms with Crippen molar-refractivity contribution in [2.24, 2.45) is 0 Å². The van der Waals surface area contributed by atoms with E-state index < -0.39 is 15.9 Å². The molecule has 0 fully saturated rings. The number of nitrogens with one attached hydrogen (secondary N) is 1. The minimum atomic E-state index is -3.69. The van der Waals surface area contributed by atoms with Crippen LogP contribution in [0.2, 0.25) is 5.02 Å². The van der Waals surface area contributed by atoms with Crippen LogP contribution in [0.15, 0.2) is 53.9 Å². The zero-order chi connectivity index (χ0) is 21.9. The van der Waals surface area contributed by atoms with Crippen LogP contribution >= 0.6 is 11.6 Å². The molecule has 1 heterocycles. The minimum absolute atomic E-state index is 0.0737. The second-order valence-electron chi connectivity index (χ2n) is 6.52. The quantitative estimate of drug-likeness (QED) is 0.597. The maximum absolute atomic E-state index is 13.0. The lowest BCUT2D eigenvalue weighted by Crippen LogP contribution is -2.30.